The summed E-state index contributed by atoms with van der Waals surface area (Å²) in [6.45, 7) is 0. The second-order valence-corrected chi connectivity index (χ2v) is 6.74. The molecule has 0 aromatic carbocycles. The van der Waals surface area contributed by atoms with Crippen LogP contribution in [0.4, 0.5) is 0 Å². The van der Waals surface area contributed by atoms with Gasteiger partial charge in [0.2, 0.25) is 5.11 Å². The molecule has 156 valence electrons. The number of hydrazone groups is 2. The monoisotopic (exact) mass is 438 g/mol. The van der Waals surface area contributed by atoms with E-state index in [9.17, 15) is 0 Å². The number of aromatic nitrogens is 4. The fourth-order valence-corrected chi connectivity index (χ4v) is 2.83. The third-order valence-corrected chi connectivity index (χ3v) is 4.35. The summed E-state index contributed by atoms with van der Waals surface area (Å²) in [7, 11) is 0. The molecule has 2 N–H and O–H groups in total. The lowest BCUT2D eigenvalue weighted by atomic mass is 10.1. The average Bonchev–Trinajstić information content (AvgIpc) is 2.87. The summed E-state index contributed by atoms with van der Waals surface area (Å²) in [6.07, 6.45) is 6.78. The van der Waals surface area contributed by atoms with Crippen molar-refractivity contribution in [3.63, 3.8) is 0 Å². The Balaban J connectivity index is 1.57. The Labute approximate surface area is 190 Å². The third-order valence-electron chi connectivity index (χ3n) is 4.17. The molecule has 0 saturated carbocycles. The average molecular weight is 439 g/mol. The molecule has 0 aliphatic heterocycles. The summed E-state index contributed by atoms with van der Waals surface area (Å²) in [6, 6.07) is 22.3. The summed E-state index contributed by atoms with van der Waals surface area (Å²) in [5.74, 6) is 0. The predicted molar refractivity (Wildman–Crippen MR) is 127 cm³/mol. The first kappa shape index (κ1) is 20.9. The van der Waals surface area contributed by atoms with Crippen LogP contribution < -0.4 is 10.9 Å². The van der Waals surface area contributed by atoms with Gasteiger partial charge < -0.3 is 0 Å². The highest BCUT2D eigenvalue weighted by atomic mass is 32.1. The molecule has 0 amide bonds. The maximum Gasteiger partial charge on any atom is 0.207 e. The van der Waals surface area contributed by atoms with Gasteiger partial charge in [0.05, 0.1) is 22.8 Å². The van der Waals surface area contributed by atoms with Crippen molar-refractivity contribution in [3.05, 3.63) is 120 Å². The zero-order valence-corrected chi connectivity index (χ0v) is 17.6. The summed E-state index contributed by atoms with van der Waals surface area (Å²) >= 11 is 5.37. The van der Waals surface area contributed by atoms with Crippen LogP contribution in [0.15, 0.2) is 108 Å². The summed E-state index contributed by atoms with van der Waals surface area (Å²) < 4.78 is 0. The third kappa shape index (κ3) is 5.41. The lowest BCUT2D eigenvalue weighted by Crippen LogP contribution is -2.31. The first-order chi connectivity index (χ1) is 15.8. The van der Waals surface area contributed by atoms with Gasteiger partial charge in [0.15, 0.2) is 0 Å². The fraction of sp³-hybridized carbons (Fsp3) is 0. The van der Waals surface area contributed by atoms with E-state index in [0.717, 1.165) is 0 Å². The number of hydrogen-bond donors (Lipinski definition) is 2. The Kier molecular flexibility index (Phi) is 6.92. The zero-order valence-electron chi connectivity index (χ0n) is 16.8. The van der Waals surface area contributed by atoms with Crippen LogP contribution in [0.5, 0.6) is 0 Å². The molecule has 0 aliphatic carbocycles. The van der Waals surface area contributed by atoms with Crippen LogP contribution >= 0.6 is 12.2 Å². The number of rotatable bonds is 6. The van der Waals surface area contributed by atoms with Crippen LogP contribution in [-0.4, -0.2) is 36.5 Å². The first-order valence-corrected chi connectivity index (χ1v) is 10.1. The van der Waals surface area contributed by atoms with Crippen LogP contribution in [-0.2, 0) is 0 Å². The zero-order chi connectivity index (χ0) is 22.0. The van der Waals surface area contributed by atoms with Crippen molar-refractivity contribution in [1.82, 2.24) is 30.8 Å². The number of pyridine rings is 4. The van der Waals surface area contributed by atoms with E-state index in [1.54, 1.807) is 24.8 Å². The van der Waals surface area contributed by atoms with Crippen molar-refractivity contribution in [2.45, 2.75) is 0 Å². The normalized spacial score (nSPS) is 10.0. The molecular weight excluding hydrogens is 420 g/mol. The molecular formula is C23H18N8S. The number of hydrogen-bond acceptors (Lipinski definition) is 7. The topological polar surface area (TPSA) is 100 Å². The van der Waals surface area contributed by atoms with Crippen molar-refractivity contribution in [3.8, 4) is 0 Å². The minimum atomic E-state index is 0.193. The van der Waals surface area contributed by atoms with Gasteiger partial charge in [-0.2, -0.15) is 10.2 Å². The van der Waals surface area contributed by atoms with E-state index in [4.69, 9.17) is 12.2 Å². The molecule has 0 bridgehead atoms. The smallest absolute Gasteiger partial charge is 0.207 e. The highest BCUT2D eigenvalue weighted by molar-refractivity contribution is 7.80. The van der Waals surface area contributed by atoms with Crippen LogP contribution in [0.3, 0.4) is 0 Å². The van der Waals surface area contributed by atoms with Crippen molar-refractivity contribution < 1.29 is 0 Å². The van der Waals surface area contributed by atoms with Gasteiger partial charge in [0.25, 0.3) is 0 Å². The molecule has 4 heterocycles. The lowest BCUT2D eigenvalue weighted by molar-refractivity contribution is 0.922. The molecule has 0 atom stereocenters. The van der Waals surface area contributed by atoms with Gasteiger partial charge in [0.1, 0.15) is 11.4 Å². The Bertz CT molecular complexity index is 1030. The number of nitrogens with zero attached hydrogens (tertiary/aromatic N) is 6. The molecule has 0 fully saturated rings. The lowest BCUT2D eigenvalue weighted by Gasteiger charge is -2.09. The van der Waals surface area contributed by atoms with Gasteiger partial charge in [-0.15, -0.1) is 0 Å². The molecule has 4 aromatic heterocycles. The molecule has 9 heteroatoms. The Hall–Kier alpha value is -4.37. The van der Waals surface area contributed by atoms with E-state index in [1.807, 2.05) is 72.8 Å². The van der Waals surface area contributed by atoms with Gasteiger partial charge in [-0.05, 0) is 60.7 Å². The van der Waals surface area contributed by atoms with Crippen molar-refractivity contribution >= 4 is 28.8 Å². The molecule has 4 rings (SSSR count). The van der Waals surface area contributed by atoms with E-state index in [0.29, 0.717) is 34.2 Å². The largest absolute Gasteiger partial charge is 0.254 e. The SMILES string of the molecule is S=C(NN=C(c1ccccn1)c1ccccn1)NN=C(c1ccccn1)c1ccccn1. The maximum absolute atomic E-state index is 5.37. The van der Waals surface area contributed by atoms with Gasteiger partial charge in [-0.25, -0.2) is 0 Å². The van der Waals surface area contributed by atoms with Crippen LogP contribution in [0.25, 0.3) is 0 Å². The van der Waals surface area contributed by atoms with Gasteiger partial charge in [-0.1, -0.05) is 24.3 Å². The number of nitrogens with one attached hydrogen (secondary N) is 2. The minimum absolute atomic E-state index is 0.193. The second-order valence-electron chi connectivity index (χ2n) is 6.33. The fourth-order valence-electron chi connectivity index (χ4n) is 2.74. The minimum Gasteiger partial charge on any atom is -0.254 e. The molecule has 0 spiro atoms. The highest BCUT2D eigenvalue weighted by Crippen LogP contribution is 2.07. The Morgan fingerprint density at radius 3 is 1.09 bits per heavy atom. The van der Waals surface area contributed by atoms with E-state index < -0.39 is 0 Å². The van der Waals surface area contributed by atoms with Gasteiger partial charge in [0, 0.05) is 24.8 Å². The molecule has 0 saturated heterocycles. The van der Waals surface area contributed by atoms with E-state index in [-0.39, 0.29) is 5.11 Å². The molecule has 0 aliphatic rings. The van der Waals surface area contributed by atoms with Crippen LogP contribution in [0.1, 0.15) is 22.8 Å². The highest BCUT2D eigenvalue weighted by Gasteiger charge is 2.11. The van der Waals surface area contributed by atoms with Crippen LogP contribution in [0, 0.1) is 0 Å². The second kappa shape index (κ2) is 10.6. The van der Waals surface area contributed by atoms with E-state index in [2.05, 4.69) is 41.0 Å². The van der Waals surface area contributed by atoms with Crippen LogP contribution in [0.2, 0.25) is 0 Å². The van der Waals surface area contributed by atoms with Gasteiger partial charge in [-0.3, -0.25) is 30.8 Å². The first-order valence-electron chi connectivity index (χ1n) is 9.68. The van der Waals surface area contributed by atoms with Gasteiger partial charge >= 0.3 is 0 Å². The summed E-state index contributed by atoms with van der Waals surface area (Å²) in [5.41, 5.74) is 9.38. The van der Waals surface area contributed by atoms with E-state index in [1.165, 1.54) is 0 Å². The Morgan fingerprint density at radius 2 is 0.844 bits per heavy atom. The van der Waals surface area contributed by atoms with Crippen molar-refractivity contribution in [1.29, 1.82) is 0 Å². The molecule has 0 unspecified atom stereocenters. The molecule has 0 radical (unpaired) electrons. The standard InChI is InChI=1S/C23H18N8S/c32-23(30-28-21(17-9-1-5-13-24-17)18-10-2-6-14-25-18)31-29-22(19-11-3-7-15-26-19)20-12-4-8-16-27-20/h1-16H,(H2,30,31,32). The summed E-state index contributed by atoms with van der Waals surface area (Å²) in [5, 5.41) is 9.04. The predicted octanol–water partition coefficient (Wildman–Crippen LogP) is 2.94. The quantitative estimate of drug-likeness (QED) is 0.271. The maximum atomic E-state index is 5.37. The molecule has 32 heavy (non-hydrogen) atoms. The van der Waals surface area contributed by atoms with Crippen molar-refractivity contribution in [2.24, 2.45) is 10.2 Å². The van der Waals surface area contributed by atoms with E-state index >= 15 is 0 Å². The number of thiocarbonyl (C=S) groups is 1. The molecule has 4 aromatic rings. The van der Waals surface area contributed by atoms with Crippen molar-refractivity contribution in [2.75, 3.05) is 0 Å². The Morgan fingerprint density at radius 1 is 0.531 bits per heavy atom. The molecule has 8 nitrogen and oxygen atoms in total. The summed E-state index contributed by atoms with van der Waals surface area (Å²) in [4.78, 5) is 17.5.